The fourth-order valence-corrected chi connectivity index (χ4v) is 4.67. The second-order valence-corrected chi connectivity index (χ2v) is 10.5. The number of rotatable bonds is 6. The van der Waals surface area contributed by atoms with E-state index in [2.05, 4.69) is 42.3 Å². The van der Waals surface area contributed by atoms with Gasteiger partial charge in [-0.3, -0.25) is 4.79 Å². The molecule has 0 spiro atoms. The topological polar surface area (TPSA) is 101 Å². The Kier molecular flexibility index (Phi) is 5.86. The van der Waals surface area contributed by atoms with Crippen LogP contribution in [0.5, 0.6) is 0 Å². The molecule has 3 N–H and O–H groups in total. The van der Waals surface area contributed by atoms with Crippen molar-refractivity contribution in [2.75, 3.05) is 5.32 Å². The van der Waals surface area contributed by atoms with Crippen molar-refractivity contribution in [1.29, 1.82) is 0 Å². The van der Waals surface area contributed by atoms with Crippen molar-refractivity contribution in [1.82, 2.24) is 29.8 Å². The summed E-state index contributed by atoms with van der Waals surface area (Å²) in [5.41, 5.74) is 3.29. The molecule has 0 radical (unpaired) electrons. The quantitative estimate of drug-likeness (QED) is 0.294. The Morgan fingerprint density at radius 3 is 2.60 bits per heavy atom. The molecule has 4 heterocycles. The Morgan fingerprint density at radius 2 is 1.89 bits per heavy atom. The van der Waals surface area contributed by atoms with E-state index < -0.39 is 0 Å². The van der Waals surface area contributed by atoms with Gasteiger partial charge in [0.1, 0.15) is 11.5 Å². The number of aromatic amines is 1. The van der Waals surface area contributed by atoms with E-state index in [0.717, 1.165) is 39.7 Å². The number of imidazole rings is 1. The second kappa shape index (κ2) is 8.99. The molecule has 178 valence electrons. The maximum atomic E-state index is 12.6. The number of carbonyl (C=O) groups excluding carboxylic acids is 1. The van der Waals surface area contributed by atoms with Crippen molar-refractivity contribution < 1.29 is 4.79 Å². The molecule has 0 atom stereocenters. The second-order valence-electron chi connectivity index (χ2n) is 9.43. The fraction of sp³-hybridized carbons (Fsp3) is 0.231. The summed E-state index contributed by atoms with van der Waals surface area (Å²) in [5, 5.41) is 7.24. The highest BCUT2D eigenvalue weighted by molar-refractivity contribution is 7.17. The van der Waals surface area contributed by atoms with Crippen LogP contribution in [0.25, 0.3) is 21.6 Å². The van der Waals surface area contributed by atoms with Gasteiger partial charge in [0.25, 0.3) is 5.91 Å². The third kappa shape index (κ3) is 5.09. The summed E-state index contributed by atoms with van der Waals surface area (Å²) < 4.78 is 2.11. The van der Waals surface area contributed by atoms with Crippen molar-refractivity contribution in [2.24, 2.45) is 0 Å². The predicted octanol–water partition coefficient (Wildman–Crippen LogP) is 5.51. The molecule has 0 aliphatic heterocycles. The first-order valence-corrected chi connectivity index (χ1v) is 12.2. The highest BCUT2D eigenvalue weighted by Crippen LogP contribution is 2.33. The number of fused-ring (bicyclic) bond motifs is 1. The van der Waals surface area contributed by atoms with E-state index in [1.54, 1.807) is 0 Å². The first-order valence-electron chi connectivity index (χ1n) is 11.4. The van der Waals surface area contributed by atoms with Crippen LogP contribution >= 0.6 is 11.3 Å². The number of nitrogens with one attached hydrogen (secondary N) is 3. The van der Waals surface area contributed by atoms with Crippen LogP contribution in [0.15, 0.2) is 61.1 Å². The van der Waals surface area contributed by atoms with Crippen LogP contribution in [-0.2, 0) is 6.54 Å². The minimum absolute atomic E-state index is 0.0857. The average molecular weight is 486 g/mol. The van der Waals surface area contributed by atoms with Crippen molar-refractivity contribution in [3.8, 4) is 10.6 Å². The van der Waals surface area contributed by atoms with Gasteiger partial charge in [0.15, 0.2) is 0 Å². The predicted molar refractivity (Wildman–Crippen MR) is 140 cm³/mol. The summed E-state index contributed by atoms with van der Waals surface area (Å²) in [5.74, 6) is 1.39. The lowest BCUT2D eigenvalue weighted by molar-refractivity contribution is 0.0923. The molecule has 8 nitrogen and oxygen atoms in total. The van der Waals surface area contributed by atoms with E-state index in [0.29, 0.717) is 10.8 Å². The first-order chi connectivity index (χ1) is 16.7. The lowest BCUT2D eigenvalue weighted by Gasteiger charge is -2.19. The van der Waals surface area contributed by atoms with E-state index in [-0.39, 0.29) is 11.4 Å². The zero-order chi connectivity index (χ0) is 24.6. The maximum Gasteiger partial charge on any atom is 0.261 e. The monoisotopic (exact) mass is 485 g/mol. The Hall–Kier alpha value is -3.98. The number of aryl methyl sites for hydroxylation is 1. The number of aromatic nitrogens is 5. The minimum atomic E-state index is -0.297. The van der Waals surface area contributed by atoms with Crippen LogP contribution in [0, 0.1) is 6.92 Å². The summed E-state index contributed by atoms with van der Waals surface area (Å²) in [6, 6.07) is 13.9. The van der Waals surface area contributed by atoms with Crippen molar-refractivity contribution in [2.45, 2.75) is 39.8 Å². The van der Waals surface area contributed by atoms with Crippen LogP contribution in [0.4, 0.5) is 11.6 Å². The molecule has 0 saturated heterocycles. The van der Waals surface area contributed by atoms with Crippen LogP contribution in [-0.4, -0.2) is 35.9 Å². The number of anilines is 2. The largest absolute Gasteiger partial charge is 0.347 e. The molecule has 5 rings (SSSR count). The lowest BCUT2D eigenvalue weighted by Crippen LogP contribution is -2.40. The normalized spacial score (nSPS) is 11.7. The van der Waals surface area contributed by atoms with Crippen molar-refractivity contribution in [3.63, 3.8) is 0 Å². The molecule has 0 saturated carbocycles. The van der Waals surface area contributed by atoms with Gasteiger partial charge in [0, 0.05) is 41.7 Å². The number of benzene rings is 1. The highest BCUT2D eigenvalue weighted by atomic mass is 32.1. The molecule has 0 aliphatic rings. The summed E-state index contributed by atoms with van der Waals surface area (Å²) in [6.07, 6.45) is 5.63. The maximum absolute atomic E-state index is 12.6. The third-order valence-corrected chi connectivity index (χ3v) is 6.54. The van der Waals surface area contributed by atoms with Gasteiger partial charge < -0.3 is 20.2 Å². The Bertz CT molecular complexity index is 1490. The molecule has 35 heavy (non-hydrogen) atoms. The Balaban J connectivity index is 1.39. The molecule has 5 aromatic rings. The standard InChI is InChI=1S/C26H27N7OS/c1-16-27-13-14-33(16)15-17-5-7-18(8-6-17)29-25-30-22(19-11-12-28-23(19)31-25)20-9-10-21(35-20)24(34)32-26(2,3)4/h5-14H,15H2,1-4H3,(H,32,34)(H2,28,29,30,31). The van der Waals surface area contributed by atoms with Gasteiger partial charge in [0.2, 0.25) is 5.95 Å². The number of thiophene rings is 1. The first kappa shape index (κ1) is 22.8. The molecule has 4 aromatic heterocycles. The molecule has 9 heteroatoms. The summed E-state index contributed by atoms with van der Waals surface area (Å²) in [4.78, 5) is 31.1. The van der Waals surface area contributed by atoms with Gasteiger partial charge in [-0.1, -0.05) is 12.1 Å². The molecule has 1 aromatic carbocycles. The van der Waals surface area contributed by atoms with Crippen molar-refractivity contribution >= 4 is 39.9 Å². The highest BCUT2D eigenvalue weighted by Gasteiger charge is 2.19. The van der Waals surface area contributed by atoms with Gasteiger partial charge in [0.05, 0.1) is 15.4 Å². The smallest absolute Gasteiger partial charge is 0.261 e. The molecule has 0 bridgehead atoms. The van der Waals surface area contributed by atoms with E-state index in [1.807, 2.05) is 76.6 Å². The number of H-pyrrole nitrogens is 1. The van der Waals surface area contributed by atoms with E-state index in [9.17, 15) is 4.79 Å². The molecule has 0 unspecified atom stereocenters. The Morgan fingerprint density at radius 1 is 1.09 bits per heavy atom. The van der Waals surface area contributed by atoms with Gasteiger partial charge in [-0.25, -0.2) is 9.97 Å². The summed E-state index contributed by atoms with van der Waals surface area (Å²) >= 11 is 1.42. The summed E-state index contributed by atoms with van der Waals surface area (Å²) in [6.45, 7) is 8.67. The minimum Gasteiger partial charge on any atom is -0.347 e. The van der Waals surface area contributed by atoms with Crippen LogP contribution < -0.4 is 10.6 Å². The van der Waals surface area contributed by atoms with Gasteiger partial charge in [-0.15, -0.1) is 11.3 Å². The lowest BCUT2D eigenvalue weighted by atomic mass is 10.1. The molecular formula is C26H27N7OS. The third-order valence-electron chi connectivity index (χ3n) is 5.45. The van der Waals surface area contributed by atoms with Gasteiger partial charge in [-0.2, -0.15) is 4.98 Å². The van der Waals surface area contributed by atoms with Crippen LogP contribution in [0.2, 0.25) is 0 Å². The zero-order valence-corrected chi connectivity index (χ0v) is 20.9. The van der Waals surface area contributed by atoms with Crippen LogP contribution in [0.3, 0.4) is 0 Å². The molecule has 1 amide bonds. The van der Waals surface area contributed by atoms with Gasteiger partial charge in [-0.05, 0) is 63.6 Å². The summed E-state index contributed by atoms with van der Waals surface area (Å²) in [7, 11) is 0. The number of amides is 1. The number of hydrogen-bond donors (Lipinski definition) is 3. The number of carbonyl (C=O) groups is 1. The van der Waals surface area contributed by atoms with Crippen molar-refractivity contribution in [3.05, 3.63) is 77.3 Å². The Labute approximate surface area is 207 Å². The zero-order valence-electron chi connectivity index (χ0n) is 20.1. The van der Waals surface area contributed by atoms with E-state index >= 15 is 0 Å². The average Bonchev–Trinajstić information content (AvgIpc) is 3.55. The molecule has 0 aliphatic carbocycles. The van der Waals surface area contributed by atoms with Gasteiger partial charge >= 0.3 is 0 Å². The molecule has 0 fully saturated rings. The van der Waals surface area contributed by atoms with Crippen LogP contribution in [0.1, 0.15) is 41.8 Å². The van der Waals surface area contributed by atoms with E-state index in [4.69, 9.17) is 4.98 Å². The fourth-order valence-electron chi connectivity index (χ4n) is 3.76. The number of nitrogens with zero attached hydrogens (tertiary/aromatic N) is 4. The SMILES string of the molecule is Cc1nccn1Cc1ccc(Nc2nc(-c3ccc(C(=O)NC(C)(C)C)s3)c3cc[nH]c3n2)cc1. The number of hydrogen-bond acceptors (Lipinski definition) is 6. The van der Waals surface area contributed by atoms with E-state index in [1.165, 1.54) is 16.9 Å². The molecular weight excluding hydrogens is 458 g/mol.